The fourth-order valence-electron chi connectivity index (χ4n) is 1.65. The molecule has 1 rings (SSSR count). The van der Waals surface area contributed by atoms with Crippen molar-refractivity contribution in [2.45, 2.75) is 27.7 Å². The Morgan fingerprint density at radius 3 is 1.92 bits per heavy atom. The second-order valence-electron chi connectivity index (χ2n) is 5.54. The number of ether oxygens (including phenoxy) is 2. The maximum Gasteiger partial charge on any atom is 0.343 e. The Balaban J connectivity index is 2.67. The van der Waals surface area contributed by atoms with Crippen LogP contribution in [0.4, 0.5) is 0 Å². The third-order valence-corrected chi connectivity index (χ3v) is 3.06. The summed E-state index contributed by atoms with van der Waals surface area (Å²) in [6.07, 6.45) is 5.84. The van der Waals surface area contributed by atoms with E-state index in [1.54, 1.807) is 20.8 Å². The molecule has 0 aromatic heterocycles. The van der Waals surface area contributed by atoms with Crippen molar-refractivity contribution < 1.29 is 29.3 Å². The highest BCUT2D eigenvalue weighted by Gasteiger charge is 2.08. The van der Waals surface area contributed by atoms with Crippen molar-refractivity contribution in [2.24, 2.45) is 0 Å². The van der Waals surface area contributed by atoms with Crippen molar-refractivity contribution in [1.29, 1.82) is 0 Å². The van der Waals surface area contributed by atoms with E-state index < -0.39 is 11.9 Å². The lowest BCUT2D eigenvalue weighted by Gasteiger charge is -2.05. The van der Waals surface area contributed by atoms with Crippen molar-refractivity contribution in [2.75, 3.05) is 0 Å². The third-order valence-electron chi connectivity index (χ3n) is 3.06. The zero-order valence-electron chi connectivity index (χ0n) is 15.1. The van der Waals surface area contributed by atoms with E-state index in [0.29, 0.717) is 22.7 Å². The third kappa shape index (κ3) is 7.53. The molecule has 6 nitrogen and oxygen atoms in total. The predicted molar refractivity (Wildman–Crippen MR) is 97.3 cm³/mol. The molecule has 0 aliphatic carbocycles. The van der Waals surface area contributed by atoms with Gasteiger partial charge in [-0.1, -0.05) is 0 Å². The van der Waals surface area contributed by atoms with Crippen LogP contribution < -0.4 is 0 Å². The van der Waals surface area contributed by atoms with Gasteiger partial charge in [0.15, 0.2) is 0 Å². The lowest BCUT2D eigenvalue weighted by Crippen LogP contribution is -2.04. The molecule has 1 aromatic carbocycles. The van der Waals surface area contributed by atoms with E-state index in [9.17, 15) is 14.7 Å². The lowest BCUT2D eigenvalue weighted by molar-refractivity contribution is -0.134. The number of benzene rings is 1. The number of rotatable bonds is 6. The average Bonchev–Trinajstić information content (AvgIpc) is 2.58. The van der Waals surface area contributed by atoms with Crippen molar-refractivity contribution in [3.63, 3.8) is 0 Å². The second-order valence-corrected chi connectivity index (χ2v) is 5.54. The predicted octanol–water partition coefficient (Wildman–Crippen LogP) is 4.31. The number of hydrogen-bond acceptors (Lipinski definition) is 6. The van der Waals surface area contributed by atoms with Gasteiger partial charge in [0.05, 0.1) is 11.3 Å². The zero-order chi connectivity index (χ0) is 19.7. The maximum atomic E-state index is 11.9. The molecule has 0 bridgehead atoms. The first kappa shape index (κ1) is 20.8. The molecule has 0 saturated carbocycles. The van der Waals surface area contributed by atoms with Gasteiger partial charge in [-0.2, -0.15) is 0 Å². The number of aromatic hydroxyl groups is 1. The number of phenolic OH excluding ortho intramolecular Hbond substituents is 1. The Bertz CT molecular complexity index is 775. The van der Waals surface area contributed by atoms with Crippen LogP contribution in [0.25, 0.3) is 0 Å². The van der Waals surface area contributed by atoms with Crippen LogP contribution in [0, 0.1) is 0 Å². The molecular weight excluding hydrogens is 336 g/mol. The molecule has 2 N–H and O–H groups in total. The molecule has 26 heavy (non-hydrogen) atoms. The summed E-state index contributed by atoms with van der Waals surface area (Å²) >= 11 is 0. The molecule has 138 valence electrons. The summed E-state index contributed by atoms with van der Waals surface area (Å²) in [5.74, 6) is -0.353. The van der Waals surface area contributed by atoms with Crippen LogP contribution >= 0.6 is 0 Å². The molecule has 1 aromatic rings. The van der Waals surface area contributed by atoms with Crippen LogP contribution in [0.1, 0.15) is 38.1 Å². The maximum absolute atomic E-state index is 11.9. The number of allylic oxidation sites excluding steroid dienone is 7. The summed E-state index contributed by atoms with van der Waals surface area (Å²) in [7, 11) is 0. The van der Waals surface area contributed by atoms with E-state index in [1.165, 1.54) is 55.5 Å². The van der Waals surface area contributed by atoms with Gasteiger partial charge in [0.2, 0.25) is 0 Å². The lowest BCUT2D eigenvalue weighted by atomic mass is 10.2. The highest BCUT2D eigenvalue weighted by molar-refractivity contribution is 5.90. The van der Waals surface area contributed by atoms with Crippen LogP contribution in [-0.4, -0.2) is 22.2 Å². The molecule has 0 spiro atoms. The van der Waals surface area contributed by atoms with E-state index >= 15 is 0 Å². The average molecular weight is 358 g/mol. The van der Waals surface area contributed by atoms with Crippen LogP contribution in [0.3, 0.4) is 0 Å². The molecule has 0 atom stereocenters. The Labute approximate surface area is 152 Å². The van der Waals surface area contributed by atoms with Gasteiger partial charge in [-0.3, -0.25) is 0 Å². The molecule has 0 fully saturated rings. The number of aliphatic hydroxyl groups is 1. The largest absolute Gasteiger partial charge is 0.513 e. The van der Waals surface area contributed by atoms with Gasteiger partial charge >= 0.3 is 11.9 Å². The quantitative estimate of drug-likeness (QED) is 0.341. The molecular formula is C20H22O6. The van der Waals surface area contributed by atoms with E-state index in [2.05, 4.69) is 0 Å². The summed E-state index contributed by atoms with van der Waals surface area (Å²) in [6.45, 7) is 6.23. The van der Waals surface area contributed by atoms with E-state index in [-0.39, 0.29) is 11.5 Å². The van der Waals surface area contributed by atoms with Crippen molar-refractivity contribution >= 4 is 11.9 Å². The van der Waals surface area contributed by atoms with Gasteiger partial charge in [0.1, 0.15) is 17.3 Å². The summed E-state index contributed by atoms with van der Waals surface area (Å²) in [5.41, 5.74) is 0.626. The summed E-state index contributed by atoms with van der Waals surface area (Å²) < 4.78 is 10.3. The van der Waals surface area contributed by atoms with Gasteiger partial charge in [-0.25, -0.2) is 9.59 Å². The van der Waals surface area contributed by atoms with Gasteiger partial charge in [0.25, 0.3) is 0 Å². The fourth-order valence-corrected chi connectivity index (χ4v) is 1.65. The first-order chi connectivity index (χ1) is 12.2. The number of carbonyl (C=O) groups is 2. The number of phenols is 1. The summed E-state index contributed by atoms with van der Waals surface area (Å²) in [6, 6.07) is 5.68. The molecule has 6 heteroatoms. The monoisotopic (exact) mass is 358 g/mol. The van der Waals surface area contributed by atoms with Crippen molar-refractivity contribution in [1.82, 2.24) is 0 Å². The van der Waals surface area contributed by atoms with Gasteiger partial charge in [-0.15, -0.1) is 0 Å². The Morgan fingerprint density at radius 1 is 0.846 bits per heavy atom. The molecule has 0 heterocycles. The van der Waals surface area contributed by atoms with E-state index in [4.69, 9.17) is 14.6 Å². The highest BCUT2D eigenvalue weighted by atomic mass is 16.5. The number of aliphatic hydroxyl groups excluding tert-OH is 1. The summed E-state index contributed by atoms with van der Waals surface area (Å²) in [4.78, 5) is 23.8. The van der Waals surface area contributed by atoms with Crippen LogP contribution in [0.2, 0.25) is 0 Å². The van der Waals surface area contributed by atoms with Crippen LogP contribution in [-0.2, 0) is 14.3 Å². The number of hydrogen-bond donors (Lipinski definition) is 2. The molecule has 0 amide bonds. The minimum atomic E-state index is -0.563. The van der Waals surface area contributed by atoms with E-state index in [1.807, 2.05) is 0 Å². The Kier molecular flexibility index (Phi) is 7.89. The SMILES string of the molecule is C/C(O)=C\C=C(/C)C(=O)O/C(C)=C/C=C(\C)OC(=O)c1ccc(O)cc1. The van der Waals surface area contributed by atoms with Crippen LogP contribution in [0.5, 0.6) is 5.75 Å². The smallest absolute Gasteiger partial charge is 0.343 e. The standard InChI is InChI=1S/C20H22O6/c1-13(5-6-14(2)21)19(23)25-15(3)7-8-16(4)26-20(24)17-9-11-18(22)12-10-17/h5-12,21-22H,1-4H3/b13-5+,14-6+,15-7+,16-8+. The molecule has 0 radical (unpaired) electrons. The van der Waals surface area contributed by atoms with Crippen LogP contribution in [0.15, 0.2) is 71.4 Å². The van der Waals surface area contributed by atoms with Gasteiger partial charge in [0, 0.05) is 5.57 Å². The number of esters is 2. The zero-order valence-corrected chi connectivity index (χ0v) is 15.1. The Hall–Kier alpha value is -3.28. The first-order valence-corrected chi connectivity index (χ1v) is 7.81. The molecule has 0 unspecified atom stereocenters. The van der Waals surface area contributed by atoms with Gasteiger partial charge < -0.3 is 19.7 Å². The minimum absolute atomic E-state index is 0.0585. The van der Waals surface area contributed by atoms with E-state index in [0.717, 1.165) is 0 Å². The molecule has 0 aliphatic heterocycles. The first-order valence-electron chi connectivity index (χ1n) is 7.81. The molecule has 0 saturated heterocycles. The van der Waals surface area contributed by atoms with Crippen molar-refractivity contribution in [3.8, 4) is 5.75 Å². The highest BCUT2D eigenvalue weighted by Crippen LogP contribution is 2.12. The topological polar surface area (TPSA) is 93.1 Å². The minimum Gasteiger partial charge on any atom is -0.513 e. The fraction of sp³-hybridized carbons (Fsp3) is 0.200. The van der Waals surface area contributed by atoms with Crippen molar-refractivity contribution in [3.05, 3.63) is 77.0 Å². The molecule has 0 aliphatic rings. The Morgan fingerprint density at radius 2 is 1.38 bits per heavy atom. The number of carbonyl (C=O) groups excluding carboxylic acids is 2. The second kappa shape index (κ2) is 9.88. The summed E-state index contributed by atoms with van der Waals surface area (Å²) in [5, 5.41) is 18.3. The van der Waals surface area contributed by atoms with Gasteiger partial charge in [-0.05, 0) is 76.3 Å². The normalized spacial score (nSPS) is 13.4.